The minimum atomic E-state index is -1.41. The van der Waals surface area contributed by atoms with Crippen LogP contribution in [0.15, 0.2) is 42.5 Å². The summed E-state index contributed by atoms with van der Waals surface area (Å²) in [5, 5.41) is 6.62. The molecule has 0 amide bonds. The van der Waals surface area contributed by atoms with Crippen LogP contribution in [0.1, 0.15) is 30.0 Å². The maximum Gasteiger partial charge on any atom is 0.194 e. The predicted octanol–water partition coefficient (Wildman–Crippen LogP) is 3.69. The molecule has 0 aliphatic carbocycles. The Labute approximate surface area is 133 Å². The van der Waals surface area contributed by atoms with Crippen molar-refractivity contribution in [3.8, 4) is 0 Å². The molecule has 0 saturated carbocycles. The summed E-state index contributed by atoms with van der Waals surface area (Å²) in [6.07, 6.45) is 1.80. The Morgan fingerprint density at radius 3 is 2.57 bits per heavy atom. The van der Waals surface area contributed by atoms with Crippen LogP contribution in [0.4, 0.5) is 13.2 Å². The van der Waals surface area contributed by atoms with E-state index in [9.17, 15) is 13.2 Å². The molecule has 0 aromatic heterocycles. The largest absolute Gasteiger partial charge is 0.309 e. The van der Waals surface area contributed by atoms with Crippen molar-refractivity contribution in [2.75, 3.05) is 6.54 Å². The predicted molar refractivity (Wildman–Crippen MR) is 83.4 cm³/mol. The molecule has 2 atom stereocenters. The normalized spacial score (nSPS) is 21.3. The highest BCUT2D eigenvalue weighted by Gasteiger charge is 2.29. The average molecular weight is 320 g/mol. The van der Waals surface area contributed by atoms with E-state index in [2.05, 4.69) is 10.6 Å². The van der Waals surface area contributed by atoms with Crippen molar-refractivity contribution in [1.82, 2.24) is 10.6 Å². The molecule has 0 spiro atoms. The van der Waals surface area contributed by atoms with E-state index in [0.717, 1.165) is 31.0 Å². The van der Waals surface area contributed by atoms with Crippen molar-refractivity contribution in [2.45, 2.75) is 31.5 Å². The first-order chi connectivity index (χ1) is 11.2. The Bertz CT molecular complexity index is 661. The number of hydrogen-bond acceptors (Lipinski definition) is 2. The zero-order chi connectivity index (χ0) is 16.2. The molecule has 2 aromatic carbocycles. The minimum absolute atomic E-state index is 0.0386. The van der Waals surface area contributed by atoms with E-state index < -0.39 is 17.5 Å². The fraction of sp³-hybridized carbons (Fsp3) is 0.333. The lowest BCUT2D eigenvalue weighted by molar-refractivity contribution is 0.294. The molecule has 1 saturated heterocycles. The Balaban J connectivity index is 1.78. The maximum atomic E-state index is 14.1. The summed E-state index contributed by atoms with van der Waals surface area (Å²) in [4.78, 5) is 0. The number of benzene rings is 2. The summed E-state index contributed by atoms with van der Waals surface area (Å²) in [5.74, 6) is -3.66. The van der Waals surface area contributed by atoms with Crippen LogP contribution in [0.3, 0.4) is 0 Å². The molecule has 2 N–H and O–H groups in total. The Morgan fingerprint density at radius 2 is 1.78 bits per heavy atom. The smallest absolute Gasteiger partial charge is 0.194 e. The van der Waals surface area contributed by atoms with Crippen LogP contribution in [0.2, 0.25) is 0 Å². The highest BCUT2D eigenvalue weighted by molar-refractivity contribution is 5.26. The fourth-order valence-electron chi connectivity index (χ4n) is 3.06. The molecular weight excluding hydrogens is 301 g/mol. The number of rotatable bonds is 4. The van der Waals surface area contributed by atoms with Crippen LogP contribution in [0.5, 0.6) is 0 Å². The van der Waals surface area contributed by atoms with Gasteiger partial charge in [0.2, 0.25) is 0 Å². The molecule has 0 bridgehead atoms. The molecule has 1 aliphatic heterocycles. The van der Waals surface area contributed by atoms with Gasteiger partial charge in [-0.3, -0.25) is 0 Å². The third-order valence-electron chi connectivity index (χ3n) is 4.27. The topological polar surface area (TPSA) is 24.1 Å². The first kappa shape index (κ1) is 16.0. The van der Waals surface area contributed by atoms with Crippen molar-refractivity contribution in [3.63, 3.8) is 0 Å². The first-order valence-electron chi connectivity index (χ1n) is 7.81. The Kier molecular flexibility index (Phi) is 4.98. The van der Waals surface area contributed by atoms with E-state index in [1.165, 1.54) is 6.07 Å². The third kappa shape index (κ3) is 3.57. The second-order valence-corrected chi connectivity index (χ2v) is 5.81. The van der Waals surface area contributed by atoms with E-state index in [1.807, 2.05) is 30.3 Å². The van der Waals surface area contributed by atoms with E-state index >= 15 is 0 Å². The van der Waals surface area contributed by atoms with Gasteiger partial charge in [0.15, 0.2) is 17.5 Å². The van der Waals surface area contributed by atoms with Crippen molar-refractivity contribution < 1.29 is 13.2 Å². The summed E-state index contributed by atoms with van der Waals surface area (Å²) < 4.78 is 40.8. The van der Waals surface area contributed by atoms with Crippen molar-refractivity contribution >= 4 is 0 Å². The lowest BCUT2D eigenvalue weighted by atomic mass is 9.91. The van der Waals surface area contributed by atoms with Gasteiger partial charge in [-0.1, -0.05) is 36.4 Å². The van der Waals surface area contributed by atoms with Gasteiger partial charge in [0, 0.05) is 18.2 Å². The third-order valence-corrected chi connectivity index (χ3v) is 4.27. The molecule has 23 heavy (non-hydrogen) atoms. The van der Waals surface area contributed by atoms with Gasteiger partial charge in [-0.15, -0.1) is 0 Å². The molecule has 3 rings (SSSR count). The van der Waals surface area contributed by atoms with Gasteiger partial charge in [-0.05, 0) is 31.0 Å². The van der Waals surface area contributed by atoms with Crippen molar-refractivity contribution in [1.29, 1.82) is 0 Å². The van der Waals surface area contributed by atoms with Gasteiger partial charge >= 0.3 is 0 Å². The monoisotopic (exact) mass is 320 g/mol. The van der Waals surface area contributed by atoms with Gasteiger partial charge < -0.3 is 10.6 Å². The van der Waals surface area contributed by atoms with E-state index in [4.69, 9.17) is 0 Å². The van der Waals surface area contributed by atoms with Gasteiger partial charge in [0.05, 0.1) is 6.04 Å². The van der Waals surface area contributed by atoms with Crippen LogP contribution in [-0.2, 0) is 6.54 Å². The second-order valence-electron chi connectivity index (χ2n) is 5.81. The first-order valence-corrected chi connectivity index (χ1v) is 7.81. The average Bonchev–Trinajstić information content (AvgIpc) is 2.59. The highest BCUT2D eigenvalue weighted by atomic mass is 19.2. The summed E-state index contributed by atoms with van der Waals surface area (Å²) in [6, 6.07) is 11.8. The second kappa shape index (κ2) is 7.15. The van der Waals surface area contributed by atoms with Crippen LogP contribution < -0.4 is 10.6 Å². The molecular formula is C18H19F3N2. The lowest BCUT2D eigenvalue weighted by Gasteiger charge is -2.34. The number of piperidine rings is 1. The summed E-state index contributed by atoms with van der Waals surface area (Å²) in [6.45, 7) is 1.38. The van der Waals surface area contributed by atoms with Crippen molar-refractivity contribution in [3.05, 3.63) is 71.0 Å². The van der Waals surface area contributed by atoms with E-state index in [-0.39, 0.29) is 17.6 Å². The quantitative estimate of drug-likeness (QED) is 0.840. The SMILES string of the molecule is Fc1ccc(C2NCCCC2NCc2ccccc2)c(F)c1F. The van der Waals surface area contributed by atoms with E-state index in [1.54, 1.807) is 0 Å². The van der Waals surface area contributed by atoms with Crippen LogP contribution in [0, 0.1) is 17.5 Å². The summed E-state index contributed by atoms with van der Waals surface area (Å²) in [5.41, 5.74) is 1.30. The van der Waals surface area contributed by atoms with Gasteiger partial charge in [-0.2, -0.15) is 0 Å². The molecule has 5 heteroatoms. The number of halogens is 3. The van der Waals surface area contributed by atoms with Crippen LogP contribution in [0.25, 0.3) is 0 Å². The Morgan fingerprint density at radius 1 is 1.00 bits per heavy atom. The fourth-order valence-corrected chi connectivity index (χ4v) is 3.06. The van der Waals surface area contributed by atoms with Crippen LogP contribution in [-0.4, -0.2) is 12.6 Å². The zero-order valence-electron chi connectivity index (χ0n) is 12.7. The minimum Gasteiger partial charge on any atom is -0.309 e. The molecule has 1 aliphatic rings. The van der Waals surface area contributed by atoms with E-state index in [0.29, 0.717) is 6.54 Å². The molecule has 0 radical (unpaired) electrons. The molecule has 1 fully saturated rings. The maximum absolute atomic E-state index is 14.1. The molecule has 2 aromatic rings. The molecule has 1 heterocycles. The van der Waals surface area contributed by atoms with Crippen LogP contribution >= 0.6 is 0 Å². The van der Waals surface area contributed by atoms with Gasteiger partial charge in [-0.25, -0.2) is 13.2 Å². The van der Waals surface area contributed by atoms with Gasteiger partial charge in [0.1, 0.15) is 0 Å². The van der Waals surface area contributed by atoms with Gasteiger partial charge in [0.25, 0.3) is 0 Å². The summed E-state index contributed by atoms with van der Waals surface area (Å²) >= 11 is 0. The zero-order valence-corrected chi connectivity index (χ0v) is 12.7. The standard InChI is InChI=1S/C18H19F3N2/c19-14-9-8-13(16(20)17(14)21)18-15(7-4-10-22-18)23-11-12-5-2-1-3-6-12/h1-3,5-6,8-9,15,18,22-23H,4,7,10-11H2. The molecule has 2 nitrogen and oxygen atoms in total. The molecule has 2 unspecified atom stereocenters. The van der Waals surface area contributed by atoms with Crippen molar-refractivity contribution in [2.24, 2.45) is 0 Å². The number of hydrogen-bond donors (Lipinski definition) is 2. The lowest BCUT2D eigenvalue weighted by Crippen LogP contribution is -2.46. The Hall–Kier alpha value is -1.85. The summed E-state index contributed by atoms with van der Waals surface area (Å²) in [7, 11) is 0. The highest BCUT2D eigenvalue weighted by Crippen LogP contribution is 2.28. The molecule has 122 valence electrons. The number of nitrogens with one attached hydrogen (secondary N) is 2.